The summed E-state index contributed by atoms with van der Waals surface area (Å²) in [6.07, 6.45) is 6.34. The third kappa shape index (κ3) is 3.22. The molecule has 0 bridgehead atoms. The van der Waals surface area contributed by atoms with E-state index in [1.807, 2.05) is 48.5 Å². The van der Waals surface area contributed by atoms with Crippen LogP contribution in [0.1, 0.15) is 32.1 Å². The zero-order chi connectivity index (χ0) is 16.4. The van der Waals surface area contributed by atoms with Crippen LogP contribution in [0.25, 0.3) is 22.3 Å². The molecular formula is C20H20ClN3. The minimum Gasteiger partial charge on any atom is -0.367 e. The molecule has 1 aliphatic rings. The highest BCUT2D eigenvalue weighted by Gasteiger charge is 2.16. The lowest BCUT2D eigenvalue weighted by atomic mass is 9.95. The van der Waals surface area contributed by atoms with Crippen LogP contribution in [0.2, 0.25) is 5.02 Å². The smallest absolute Gasteiger partial charge is 0.162 e. The molecule has 0 amide bonds. The Morgan fingerprint density at radius 3 is 2.50 bits per heavy atom. The number of anilines is 1. The van der Waals surface area contributed by atoms with Crippen LogP contribution in [0.4, 0.5) is 5.82 Å². The number of nitrogens with one attached hydrogen (secondary N) is 1. The molecule has 1 aliphatic carbocycles. The van der Waals surface area contributed by atoms with Crippen molar-refractivity contribution in [3.8, 4) is 11.4 Å². The largest absolute Gasteiger partial charge is 0.367 e. The molecular weight excluding hydrogens is 318 g/mol. The summed E-state index contributed by atoms with van der Waals surface area (Å²) in [6, 6.07) is 16.4. The first-order chi connectivity index (χ1) is 11.8. The maximum atomic E-state index is 6.18. The minimum absolute atomic E-state index is 0.496. The first-order valence-electron chi connectivity index (χ1n) is 8.59. The third-order valence-corrected chi connectivity index (χ3v) is 4.87. The van der Waals surface area contributed by atoms with E-state index < -0.39 is 0 Å². The van der Waals surface area contributed by atoms with E-state index in [0.29, 0.717) is 11.1 Å². The fourth-order valence-electron chi connectivity index (χ4n) is 3.37. The molecule has 0 saturated heterocycles. The molecule has 0 radical (unpaired) electrons. The van der Waals surface area contributed by atoms with Crippen molar-refractivity contribution in [1.82, 2.24) is 9.97 Å². The van der Waals surface area contributed by atoms with Gasteiger partial charge in [-0.25, -0.2) is 9.97 Å². The van der Waals surface area contributed by atoms with Gasteiger partial charge in [-0.2, -0.15) is 0 Å². The molecule has 0 atom stereocenters. The first-order valence-corrected chi connectivity index (χ1v) is 8.97. The van der Waals surface area contributed by atoms with Gasteiger partial charge < -0.3 is 5.32 Å². The van der Waals surface area contributed by atoms with Gasteiger partial charge in [0.1, 0.15) is 5.82 Å². The van der Waals surface area contributed by atoms with Gasteiger partial charge in [0.2, 0.25) is 0 Å². The second-order valence-corrected chi connectivity index (χ2v) is 6.84. The number of fused-ring (bicyclic) bond motifs is 1. The lowest BCUT2D eigenvalue weighted by molar-refractivity contribution is 0.462. The molecule has 4 rings (SSSR count). The molecule has 1 saturated carbocycles. The molecule has 3 nitrogen and oxygen atoms in total. The molecule has 1 heterocycles. The van der Waals surface area contributed by atoms with Crippen molar-refractivity contribution in [2.45, 2.75) is 38.1 Å². The van der Waals surface area contributed by atoms with Crippen molar-refractivity contribution >= 4 is 28.3 Å². The Labute approximate surface area is 147 Å². The number of halogens is 1. The Balaban J connectivity index is 1.80. The van der Waals surface area contributed by atoms with Crippen LogP contribution < -0.4 is 5.32 Å². The first kappa shape index (κ1) is 15.4. The van der Waals surface area contributed by atoms with Crippen molar-refractivity contribution in [3.63, 3.8) is 0 Å². The van der Waals surface area contributed by atoms with Crippen LogP contribution in [-0.2, 0) is 0 Å². The maximum absolute atomic E-state index is 6.18. The average molecular weight is 338 g/mol. The number of aromatic nitrogens is 2. The highest BCUT2D eigenvalue weighted by atomic mass is 35.5. The van der Waals surface area contributed by atoms with Crippen LogP contribution in [0.5, 0.6) is 0 Å². The molecule has 1 aromatic heterocycles. The molecule has 0 unspecified atom stereocenters. The van der Waals surface area contributed by atoms with E-state index in [2.05, 4.69) is 5.32 Å². The van der Waals surface area contributed by atoms with Crippen LogP contribution in [0.3, 0.4) is 0 Å². The second-order valence-electron chi connectivity index (χ2n) is 6.40. The van der Waals surface area contributed by atoms with Gasteiger partial charge in [-0.1, -0.05) is 61.2 Å². The van der Waals surface area contributed by atoms with Crippen LogP contribution >= 0.6 is 11.6 Å². The van der Waals surface area contributed by atoms with Gasteiger partial charge in [0.05, 0.1) is 5.52 Å². The van der Waals surface area contributed by atoms with E-state index in [0.717, 1.165) is 28.1 Å². The fraction of sp³-hybridized carbons (Fsp3) is 0.300. The predicted octanol–water partition coefficient (Wildman–Crippen LogP) is 5.69. The van der Waals surface area contributed by atoms with Crippen LogP contribution in [-0.4, -0.2) is 16.0 Å². The molecule has 0 aliphatic heterocycles. The average Bonchev–Trinajstić information content (AvgIpc) is 2.63. The summed E-state index contributed by atoms with van der Waals surface area (Å²) < 4.78 is 0. The van der Waals surface area contributed by atoms with Gasteiger partial charge in [-0.15, -0.1) is 0 Å². The van der Waals surface area contributed by atoms with Gasteiger partial charge in [-0.3, -0.25) is 0 Å². The van der Waals surface area contributed by atoms with Gasteiger partial charge in [0.25, 0.3) is 0 Å². The monoisotopic (exact) mass is 337 g/mol. The molecule has 24 heavy (non-hydrogen) atoms. The standard InChI is InChI=1S/C20H20ClN3/c21-15-11-12-17-18(13-15)23-19(14-7-3-1-4-8-14)24-20(17)22-16-9-5-2-6-10-16/h1,3-4,7-8,11-13,16H,2,5-6,9-10H2,(H,22,23,24). The van der Waals surface area contributed by atoms with Crippen LogP contribution in [0.15, 0.2) is 48.5 Å². The normalized spacial score (nSPS) is 15.5. The van der Waals surface area contributed by atoms with Gasteiger partial charge >= 0.3 is 0 Å². The van der Waals surface area contributed by atoms with Crippen molar-refractivity contribution in [1.29, 1.82) is 0 Å². The molecule has 4 heteroatoms. The third-order valence-electron chi connectivity index (χ3n) is 4.64. The van der Waals surface area contributed by atoms with Crippen molar-refractivity contribution < 1.29 is 0 Å². The lowest BCUT2D eigenvalue weighted by Crippen LogP contribution is -2.23. The summed E-state index contributed by atoms with van der Waals surface area (Å²) >= 11 is 6.18. The molecule has 3 aromatic rings. The zero-order valence-corrected chi connectivity index (χ0v) is 14.3. The highest BCUT2D eigenvalue weighted by molar-refractivity contribution is 6.31. The van der Waals surface area contributed by atoms with E-state index in [9.17, 15) is 0 Å². The minimum atomic E-state index is 0.496. The molecule has 2 aromatic carbocycles. The van der Waals surface area contributed by atoms with Gasteiger partial charge in [0.15, 0.2) is 5.82 Å². The van der Waals surface area contributed by atoms with Crippen molar-refractivity contribution in [2.24, 2.45) is 0 Å². The molecule has 0 spiro atoms. The fourth-order valence-corrected chi connectivity index (χ4v) is 3.54. The predicted molar refractivity (Wildman–Crippen MR) is 100 cm³/mol. The molecule has 1 N–H and O–H groups in total. The zero-order valence-electron chi connectivity index (χ0n) is 13.5. The topological polar surface area (TPSA) is 37.8 Å². The Morgan fingerprint density at radius 1 is 0.917 bits per heavy atom. The molecule has 1 fully saturated rings. The summed E-state index contributed by atoms with van der Waals surface area (Å²) in [5.41, 5.74) is 1.90. The Kier molecular flexibility index (Phi) is 4.35. The second kappa shape index (κ2) is 6.78. The maximum Gasteiger partial charge on any atom is 0.162 e. The Bertz CT molecular complexity index is 842. The Hall–Kier alpha value is -2.13. The van der Waals surface area contributed by atoms with Gasteiger partial charge in [0, 0.05) is 22.0 Å². The number of benzene rings is 2. The number of hydrogen-bond acceptors (Lipinski definition) is 3. The van der Waals surface area contributed by atoms with E-state index in [1.165, 1.54) is 32.1 Å². The Morgan fingerprint density at radius 2 is 1.71 bits per heavy atom. The lowest BCUT2D eigenvalue weighted by Gasteiger charge is -2.24. The number of nitrogens with zero attached hydrogens (tertiary/aromatic N) is 2. The SMILES string of the molecule is Clc1ccc2c(NC3CCCCC3)nc(-c3ccccc3)nc2c1. The summed E-state index contributed by atoms with van der Waals surface area (Å²) in [5.74, 6) is 1.66. The highest BCUT2D eigenvalue weighted by Crippen LogP contribution is 2.29. The van der Waals surface area contributed by atoms with Crippen molar-refractivity contribution in [2.75, 3.05) is 5.32 Å². The molecule has 122 valence electrons. The van der Waals surface area contributed by atoms with Gasteiger partial charge in [-0.05, 0) is 31.0 Å². The van der Waals surface area contributed by atoms with E-state index in [4.69, 9.17) is 21.6 Å². The quantitative estimate of drug-likeness (QED) is 0.666. The summed E-state index contributed by atoms with van der Waals surface area (Å²) in [5, 5.41) is 5.39. The van der Waals surface area contributed by atoms with E-state index in [-0.39, 0.29) is 0 Å². The number of hydrogen-bond donors (Lipinski definition) is 1. The van der Waals surface area contributed by atoms with E-state index in [1.54, 1.807) is 0 Å². The summed E-state index contributed by atoms with van der Waals surface area (Å²) in [7, 11) is 0. The summed E-state index contributed by atoms with van der Waals surface area (Å²) in [6.45, 7) is 0. The van der Waals surface area contributed by atoms with Crippen LogP contribution in [0, 0.1) is 0 Å². The van der Waals surface area contributed by atoms with E-state index >= 15 is 0 Å². The number of rotatable bonds is 3. The summed E-state index contributed by atoms with van der Waals surface area (Å²) in [4.78, 5) is 9.55. The van der Waals surface area contributed by atoms with Crippen molar-refractivity contribution in [3.05, 3.63) is 53.6 Å².